The molecule has 2 nitrogen and oxygen atoms in total. The molecular formula is C10H7O2. The lowest BCUT2D eigenvalue weighted by molar-refractivity contribution is -0.122. The molecule has 0 spiro atoms. The zero-order chi connectivity index (χ0) is 8.72. The summed E-state index contributed by atoms with van der Waals surface area (Å²) in [6, 6.07) is 7.40. The maximum Gasteiger partial charge on any atom is 0.220 e. The average molecular weight is 159 g/mol. The Morgan fingerprint density at radius 3 is 2.08 bits per heavy atom. The van der Waals surface area contributed by atoms with Gasteiger partial charge in [-0.25, -0.2) is 0 Å². The first-order valence-corrected chi connectivity index (χ1v) is 3.74. The van der Waals surface area contributed by atoms with Gasteiger partial charge in [0.15, 0.2) is 5.92 Å². The van der Waals surface area contributed by atoms with E-state index < -0.39 is 0 Å². The van der Waals surface area contributed by atoms with Gasteiger partial charge in [-0.1, -0.05) is 24.3 Å². The second kappa shape index (κ2) is 2.27. The fraction of sp³-hybridized carbons (Fsp3) is 0.100. The van der Waals surface area contributed by atoms with Crippen LogP contribution in [0.1, 0.15) is 11.1 Å². The molecule has 2 heteroatoms. The van der Waals surface area contributed by atoms with Gasteiger partial charge in [-0.05, 0) is 18.1 Å². The smallest absolute Gasteiger partial charge is 0.220 e. The first-order valence-electron chi connectivity index (χ1n) is 3.74. The van der Waals surface area contributed by atoms with Crippen molar-refractivity contribution in [1.29, 1.82) is 0 Å². The van der Waals surface area contributed by atoms with Crippen LogP contribution >= 0.6 is 0 Å². The molecule has 0 atom stereocenters. The summed E-state index contributed by atoms with van der Waals surface area (Å²) in [7, 11) is 0. The second-order valence-corrected chi connectivity index (χ2v) is 2.85. The topological polar surface area (TPSA) is 34.1 Å². The monoisotopic (exact) mass is 159 g/mol. The van der Waals surface area contributed by atoms with Crippen LogP contribution in [0.4, 0.5) is 0 Å². The average Bonchev–Trinajstić information content (AvgIpc) is 2.62. The minimum absolute atomic E-state index is 0.329. The lowest BCUT2D eigenvalue weighted by Gasteiger charge is -1.97. The van der Waals surface area contributed by atoms with Crippen LogP contribution in [0.3, 0.4) is 0 Å². The Bertz CT molecular complexity index is 352. The van der Waals surface area contributed by atoms with E-state index in [9.17, 15) is 9.59 Å². The van der Waals surface area contributed by atoms with Crippen molar-refractivity contribution in [2.24, 2.45) is 0 Å². The third kappa shape index (κ3) is 0.881. The van der Waals surface area contributed by atoms with Gasteiger partial charge < -0.3 is 0 Å². The molecule has 12 heavy (non-hydrogen) atoms. The number of hydrogen-bond donors (Lipinski definition) is 0. The van der Waals surface area contributed by atoms with Crippen LogP contribution in [-0.2, 0) is 9.59 Å². The van der Waals surface area contributed by atoms with Crippen molar-refractivity contribution in [3.05, 3.63) is 41.3 Å². The lowest BCUT2D eigenvalue weighted by atomic mass is 10.1. The number of benzene rings is 1. The first-order chi connectivity index (χ1) is 5.72. The Labute approximate surface area is 70.2 Å². The predicted octanol–water partition coefficient (Wildman–Crippen LogP) is 1.07. The Balaban J connectivity index is 2.42. The summed E-state index contributed by atoms with van der Waals surface area (Å²) < 4.78 is 0. The van der Waals surface area contributed by atoms with Crippen LogP contribution in [0, 0.1) is 12.8 Å². The van der Waals surface area contributed by atoms with Crippen LogP contribution in [0.15, 0.2) is 24.3 Å². The third-order valence-corrected chi connectivity index (χ3v) is 2.01. The SMILES string of the molecule is Cc1ccccc1[C]1C(=O)C1=O. The molecule has 2 rings (SSSR count). The molecule has 0 aliphatic heterocycles. The van der Waals surface area contributed by atoms with E-state index in [1.165, 1.54) is 0 Å². The van der Waals surface area contributed by atoms with Gasteiger partial charge in [0, 0.05) is 0 Å². The van der Waals surface area contributed by atoms with Crippen molar-refractivity contribution in [3.63, 3.8) is 0 Å². The van der Waals surface area contributed by atoms with E-state index >= 15 is 0 Å². The number of ketones is 2. The number of carbonyl (C=O) groups is 2. The van der Waals surface area contributed by atoms with Crippen molar-refractivity contribution in [2.75, 3.05) is 0 Å². The van der Waals surface area contributed by atoms with E-state index in [0.717, 1.165) is 11.1 Å². The van der Waals surface area contributed by atoms with Gasteiger partial charge >= 0.3 is 0 Å². The molecule has 0 amide bonds. The zero-order valence-electron chi connectivity index (χ0n) is 6.63. The van der Waals surface area contributed by atoms with E-state index in [2.05, 4.69) is 0 Å². The molecule has 1 aromatic rings. The Kier molecular flexibility index (Phi) is 1.37. The lowest BCUT2D eigenvalue weighted by Crippen LogP contribution is -1.87. The molecule has 0 saturated heterocycles. The van der Waals surface area contributed by atoms with Gasteiger partial charge in [0.2, 0.25) is 11.6 Å². The molecule has 1 aliphatic rings. The van der Waals surface area contributed by atoms with Gasteiger partial charge in [0.05, 0.1) is 0 Å². The molecule has 59 valence electrons. The van der Waals surface area contributed by atoms with Crippen molar-refractivity contribution in [3.8, 4) is 0 Å². The largest absolute Gasteiger partial charge is 0.289 e. The molecule has 0 aromatic heterocycles. The third-order valence-electron chi connectivity index (χ3n) is 2.01. The first kappa shape index (κ1) is 7.22. The molecule has 0 bridgehead atoms. The highest BCUT2D eigenvalue weighted by Crippen LogP contribution is 2.32. The predicted molar refractivity (Wildman–Crippen MR) is 43.5 cm³/mol. The van der Waals surface area contributed by atoms with Crippen LogP contribution < -0.4 is 0 Å². The molecule has 1 fully saturated rings. The summed E-state index contributed by atoms with van der Waals surface area (Å²) in [6.07, 6.45) is 0. The zero-order valence-corrected chi connectivity index (χ0v) is 6.63. The highest BCUT2D eigenvalue weighted by Gasteiger charge is 2.51. The van der Waals surface area contributed by atoms with E-state index in [1.807, 2.05) is 25.1 Å². The van der Waals surface area contributed by atoms with Gasteiger partial charge in [-0.2, -0.15) is 0 Å². The number of Topliss-reactive ketones (excluding diaryl/α,β-unsaturated/α-hetero) is 2. The van der Waals surface area contributed by atoms with Gasteiger partial charge in [-0.15, -0.1) is 0 Å². The van der Waals surface area contributed by atoms with E-state index in [4.69, 9.17) is 0 Å². The summed E-state index contributed by atoms with van der Waals surface area (Å²) in [6.45, 7) is 1.89. The molecule has 0 N–H and O–H groups in total. The summed E-state index contributed by atoms with van der Waals surface area (Å²) in [5.41, 5.74) is 1.76. The molecule has 0 heterocycles. The summed E-state index contributed by atoms with van der Waals surface area (Å²) in [5, 5.41) is 0. The van der Waals surface area contributed by atoms with E-state index in [1.54, 1.807) is 6.07 Å². The number of rotatable bonds is 1. The van der Waals surface area contributed by atoms with Gasteiger partial charge in [-0.3, -0.25) is 9.59 Å². The molecule has 0 unspecified atom stereocenters. The minimum atomic E-state index is -0.329. The van der Waals surface area contributed by atoms with E-state index in [-0.39, 0.29) is 11.6 Å². The highest BCUT2D eigenvalue weighted by atomic mass is 16.2. The van der Waals surface area contributed by atoms with Gasteiger partial charge in [0.25, 0.3) is 0 Å². The van der Waals surface area contributed by atoms with Crippen molar-refractivity contribution < 1.29 is 9.59 Å². The Hall–Kier alpha value is -1.44. The Morgan fingerprint density at radius 2 is 1.58 bits per heavy atom. The molecule has 1 radical (unpaired) electrons. The molecular weight excluding hydrogens is 152 g/mol. The minimum Gasteiger partial charge on any atom is -0.289 e. The summed E-state index contributed by atoms with van der Waals surface area (Å²) in [5.74, 6) is -0.290. The van der Waals surface area contributed by atoms with Gasteiger partial charge in [0.1, 0.15) is 0 Å². The number of hydrogen-bond acceptors (Lipinski definition) is 2. The van der Waals surface area contributed by atoms with Crippen LogP contribution in [0.5, 0.6) is 0 Å². The van der Waals surface area contributed by atoms with Crippen LogP contribution in [-0.4, -0.2) is 11.6 Å². The van der Waals surface area contributed by atoms with Crippen molar-refractivity contribution in [2.45, 2.75) is 6.92 Å². The molecule has 1 saturated carbocycles. The Morgan fingerprint density at radius 1 is 1.00 bits per heavy atom. The fourth-order valence-electron chi connectivity index (χ4n) is 1.25. The molecule has 1 aromatic carbocycles. The summed E-state index contributed by atoms with van der Waals surface area (Å²) in [4.78, 5) is 21.6. The number of carbonyl (C=O) groups excluding carboxylic acids is 2. The normalized spacial score (nSPS) is 16.8. The highest BCUT2D eigenvalue weighted by molar-refractivity contribution is 6.72. The quantitative estimate of drug-likeness (QED) is 0.574. The standard InChI is InChI=1S/C10H7O2/c1-6-4-2-3-5-7(6)8-9(11)10(8)12/h2-5H,1H3. The van der Waals surface area contributed by atoms with Crippen LogP contribution in [0.2, 0.25) is 0 Å². The maximum atomic E-state index is 10.8. The van der Waals surface area contributed by atoms with Crippen molar-refractivity contribution >= 4 is 11.6 Å². The van der Waals surface area contributed by atoms with E-state index in [0.29, 0.717) is 5.92 Å². The second-order valence-electron chi connectivity index (χ2n) is 2.85. The number of aryl methyl sites for hydroxylation is 1. The maximum absolute atomic E-state index is 10.8. The molecule has 1 aliphatic carbocycles. The van der Waals surface area contributed by atoms with Crippen LogP contribution in [0.25, 0.3) is 0 Å². The fourth-order valence-corrected chi connectivity index (χ4v) is 1.25. The summed E-state index contributed by atoms with van der Waals surface area (Å²) >= 11 is 0. The van der Waals surface area contributed by atoms with Crippen molar-refractivity contribution in [1.82, 2.24) is 0 Å².